The second-order valence-corrected chi connectivity index (χ2v) is 13.3. The van der Waals surface area contributed by atoms with Gasteiger partial charge in [0.15, 0.2) is 17.3 Å². The molecule has 11 nitrogen and oxygen atoms in total. The number of hydrogen-bond donors (Lipinski definition) is 1. The molecule has 1 aromatic carbocycles. The van der Waals surface area contributed by atoms with Crippen molar-refractivity contribution in [1.29, 1.82) is 0 Å². The summed E-state index contributed by atoms with van der Waals surface area (Å²) in [5, 5.41) is 7.32. The van der Waals surface area contributed by atoms with E-state index in [0.717, 1.165) is 17.8 Å². The number of nitrogens with zero attached hydrogens (tertiary/aromatic N) is 6. The van der Waals surface area contributed by atoms with Crippen molar-refractivity contribution in [1.82, 2.24) is 29.7 Å². The van der Waals surface area contributed by atoms with Crippen LogP contribution in [0, 0.1) is 17.0 Å². The highest BCUT2D eigenvalue weighted by Gasteiger charge is 2.44. The molecule has 5 heterocycles. The predicted molar refractivity (Wildman–Crippen MR) is 177 cm³/mol. The Bertz CT molecular complexity index is 2140. The van der Waals surface area contributed by atoms with Gasteiger partial charge in [-0.15, -0.1) is 0 Å². The maximum Gasteiger partial charge on any atom is 0.306 e. The zero-order valence-corrected chi connectivity index (χ0v) is 27.9. The molecule has 51 heavy (non-hydrogen) atoms. The summed E-state index contributed by atoms with van der Waals surface area (Å²) in [6, 6.07) is 12.7. The number of carbonyl (C=O) groups excluding carboxylic acids is 3. The van der Waals surface area contributed by atoms with Crippen LogP contribution in [-0.2, 0) is 32.9 Å². The van der Waals surface area contributed by atoms with Gasteiger partial charge in [0.05, 0.1) is 35.7 Å². The Morgan fingerprint density at radius 1 is 1.06 bits per heavy atom. The molecule has 15 heteroatoms. The van der Waals surface area contributed by atoms with Crippen LogP contribution < -0.4 is 5.32 Å². The average Bonchev–Trinajstić information content (AvgIpc) is 3.55. The van der Waals surface area contributed by atoms with Crippen LogP contribution in [0.1, 0.15) is 73.8 Å². The molecule has 6 rings (SSSR count). The van der Waals surface area contributed by atoms with Gasteiger partial charge in [0, 0.05) is 24.6 Å². The summed E-state index contributed by atoms with van der Waals surface area (Å²) in [4.78, 5) is 57.1. The second-order valence-electron chi connectivity index (χ2n) is 13.3. The van der Waals surface area contributed by atoms with E-state index >= 15 is 0 Å². The lowest BCUT2D eigenvalue weighted by Gasteiger charge is -2.28. The third kappa shape index (κ3) is 7.47. The van der Waals surface area contributed by atoms with Crippen molar-refractivity contribution in [3.8, 4) is 11.5 Å². The molecule has 1 atom stereocenters. The van der Waals surface area contributed by atoms with Gasteiger partial charge in [-0.05, 0) is 49.4 Å². The number of benzene rings is 1. The predicted octanol–water partition coefficient (Wildman–Crippen LogP) is 6.60. The number of aromatic nitrogens is 6. The van der Waals surface area contributed by atoms with Crippen molar-refractivity contribution in [3.63, 3.8) is 0 Å². The van der Waals surface area contributed by atoms with Gasteiger partial charge >= 0.3 is 5.97 Å². The lowest BCUT2D eigenvalue weighted by atomic mass is 9.77. The minimum absolute atomic E-state index is 0.00663. The van der Waals surface area contributed by atoms with E-state index < -0.39 is 53.0 Å². The highest BCUT2D eigenvalue weighted by molar-refractivity contribution is 6.09. The van der Waals surface area contributed by atoms with Gasteiger partial charge in [-0.2, -0.15) is 5.10 Å². The van der Waals surface area contributed by atoms with Crippen molar-refractivity contribution >= 4 is 34.5 Å². The Morgan fingerprint density at radius 2 is 1.82 bits per heavy atom. The Labute approximate surface area is 289 Å². The number of halogens is 4. The smallest absolute Gasteiger partial charge is 0.306 e. The van der Waals surface area contributed by atoms with E-state index in [1.54, 1.807) is 38.1 Å². The highest BCUT2D eigenvalue weighted by Crippen LogP contribution is 2.41. The fourth-order valence-corrected chi connectivity index (χ4v) is 6.12. The molecule has 1 aliphatic heterocycles. The van der Waals surface area contributed by atoms with Crippen LogP contribution in [0.2, 0.25) is 0 Å². The Hall–Kier alpha value is -5.60. The quantitative estimate of drug-likeness (QED) is 0.0816. The van der Waals surface area contributed by atoms with Crippen LogP contribution in [0.3, 0.4) is 0 Å². The van der Waals surface area contributed by atoms with Crippen LogP contribution in [-0.4, -0.2) is 53.8 Å². The van der Waals surface area contributed by atoms with Crippen LogP contribution in [0.4, 0.5) is 23.4 Å². The highest BCUT2D eigenvalue weighted by atomic mass is 19.3. The van der Waals surface area contributed by atoms with Crippen molar-refractivity contribution in [3.05, 3.63) is 95.1 Å². The van der Waals surface area contributed by atoms with E-state index in [9.17, 15) is 31.9 Å². The van der Waals surface area contributed by atoms with E-state index in [2.05, 4.69) is 30.4 Å². The molecule has 1 N–H and O–H groups in total. The first-order valence-corrected chi connectivity index (χ1v) is 16.1. The van der Waals surface area contributed by atoms with Crippen molar-refractivity contribution < 1.29 is 36.7 Å². The summed E-state index contributed by atoms with van der Waals surface area (Å²) in [6.07, 6.45) is -1.87. The first-order valence-electron chi connectivity index (χ1n) is 16.1. The molecule has 264 valence electrons. The number of ether oxygens (including phenoxy) is 1. The number of fused-ring (bicyclic) bond motifs is 2. The van der Waals surface area contributed by atoms with Crippen LogP contribution in [0.15, 0.2) is 60.9 Å². The number of pyridine rings is 2. The topological polar surface area (TPSA) is 142 Å². The molecule has 0 fully saturated rings. The van der Waals surface area contributed by atoms with Crippen LogP contribution in [0.25, 0.3) is 22.6 Å². The van der Waals surface area contributed by atoms with Gasteiger partial charge in [0.1, 0.15) is 35.4 Å². The van der Waals surface area contributed by atoms with Crippen LogP contribution in [0.5, 0.6) is 0 Å². The van der Waals surface area contributed by atoms with E-state index in [0.29, 0.717) is 0 Å². The van der Waals surface area contributed by atoms with Gasteiger partial charge in [-0.1, -0.05) is 37.3 Å². The minimum atomic E-state index is -2.76. The first kappa shape index (κ1) is 35.2. The minimum Gasteiger partial charge on any atom is -0.461 e. The van der Waals surface area contributed by atoms with Crippen molar-refractivity contribution in [2.24, 2.45) is 5.41 Å². The van der Waals surface area contributed by atoms with E-state index in [1.165, 1.54) is 29.9 Å². The molecule has 1 amide bonds. The van der Waals surface area contributed by atoms with Gasteiger partial charge in [0.25, 0.3) is 0 Å². The number of alkyl halides is 2. The molecule has 1 aliphatic rings. The largest absolute Gasteiger partial charge is 0.461 e. The molecular weight excluding hydrogens is 670 g/mol. The summed E-state index contributed by atoms with van der Waals surface area (Å²) in [5.41, 5.74) is -1.62. The standard InChI is InChI=1S/C36H33F4N7O4/c1-35(2)28-30(25(48)11-12-36(3,15-26(39)40)16-27(49)51-19-20-8-5-4-6-9-20)43-32(44-31(28)45-34(35)50)29-22-14-21(37)17-42-33(22)47(46-29)18-24-23(38)10-7-13-41-24/h4-10,13-14,17,26H,11-12,15-16,18-19H2,1-3H3,(H,43,44,45,50). The fourth-order valence-electron chi connectivity index (χ4n) is 6.12. The van der Waals surface area contributed by atoms with E-state index in [4.69, 9.17) is 4.74 Å². The number of anilines is 1. The summed E-state index contributed by atoms with van der Waals surface area (Å²) in [6.45, 7) is 4.45. The lowest BCUT2D eigenvalue weighted by Crippen LogP contribution is -2.29. The number of rotatable bonds is 13. The van der Waals surface area contributed by atoms with Gasteiger partial charge in [-0.3, -0.25) is 19.4 Å². The second kappa shape index (κ2) is 14.0. The number of esters is 1. The Morgan fingerprint density at radius 3 is 2.55 bits per heavy atom. The maximum absolute atomic E-state index is 14.5. The lowest BCUT2D eigenvalue weighted by molar-refractivity contribution is -0.148. The number of ketones is 1. The van der Waals surface area contributed by atoms with Crippen molar-refractivity contribution in [2.45, 2.75) is 71.4 Å². The molecule has 0 spiro atoms. The van der Waals surface area contributed by atoms with Crippen molar-refractivity contribution in [2.75, 3.05) is 5.32 Å². The molecule has 5 aromatic rings. The fraction of sp³-hybridized carbons (Fsp3) is 0.333. The number of nitrogens with one attached hydrogen (secondary N) is 1. The first-order chi connectivity index (χ1) is 24.2. The average molecular weight is 704 g/mol. The SMILES string of the molecule is CC(CCC(=O)c1nc(-c2nn(Cc3ncccc3F)c3ncc(F)cc23)nc2c1C(C)(C)C(=O)N2)(CC(=O)OCc1ccccc1)CC(F)F. The molecule has 0 saturated heterocycles. The van der Waals surface area contributed by atoms with Gasteiger partial charge in [-0.25, -0.2) is 37.2 Å². The van der Waals surface area contributed by atoms with E-state index in [-0.39, 0.29) is 77.7 Å². The van der Waals surface area contributed by atoms with Gasteiger partial charge in [0.2, 0.25) is 12.3 Å². The zero-order chi connectivity index (χ0) is 36.5. The molecule has 0 bridgehead atoms. The number of Topliss-reactive ketones (excluding diaryl/α,β-unsaturated/α-hetero) is 1. The molecular formula is C36H33F4N7O4. The number of amides is 1. The summed E-state index contributed by atoms with van der Waals surface area (Å²) in [7, 11) is 0. The third-order valence-corrected chi connectivity index (χ3v) is 8.91. The van der Waals surface area contributed by atoms with Gasteiger partial charge < -0.3 is 10.1 Å². The summed E-state index contributed by atoms with van der Waals surface area (Å²) in [5.74, 6) is -3.19. The Balaban J connectivity index is 1.33. The third-order valence-electron chi connectivity index (χ3n) is 8.91. The van der Waals surface area contributed by atoms with E-state index in [1.807, 2.05) is 6.07 Å². The number of hydrogen-bond acceptors (Lipinski definition) is 9. The monoisotopic (exact) mass is 703 g/mol. The number of carbonyl (C=O) groups is 3. The molecule has 0 aliphatic carbocycles. The zero-order valence-electron chi connectivity index (χ0n) is 27.9. The molecule has 4 aromatic heterocycles. The summed E-state index contributed by atoms with van der Waals surface area (Å²) < 4.78 is 63.3. The maximum atomic E-state index is 14.5. The molecule has 0 radical (unpaired) electrons. The summed E-state index contributed by atoms with van der Waals surface area (Å²) >= 11 is 0. The normalized spacial score (nSPS) is 14.7. The molecule has 1 unspecified atom stereocenters. The van der Waals surface area contributed by atoms with Crippen LogP contribution >= 0.6 is 0 Å². The molecule has 0 saturated carbocycles. The Kier molecular flexibility index (Phi) is 9.64.